The summed E-state index contributed by atoms with van der Waals surface area (Å²) in [6.45, 7) is 0. The zero-order chi connectivity index (χ0) is 8.39. The third-order valence-electron chi connectivity index (χ3n) is 1.51. The van der Waals surface area contributed by atoms with E-state index in [1.807, 2.05) is 0 Å². The Labute approximate surface area is 68.7 Å². The Bertz CT molecular complexity index is 416. The lowest BCUT2D eigenvalue weighted by molar-refractivity contribution is 0.552. The fourth-order valence-corrected chi connectivity index (χ4v) is 0.976. The zero-order valence-corrected chi connectivity index (χ0v) is 6.29. The average molecular weight is 161 g/mol. The number of rotatable bonds is 1. The van der Waals surface area contributed by atoms with Crippen LogP contribution in [0.3, 0.4) is 0 Å². The van der Waals surface area contributed by atoms with Crippen LogP contribution in [0, 0.1) is 0 Å². The summed E-state index contributed by atoms with van der Waals surface area (Å²) >= 11 is 0. The maximum Gasteiger partial charge on any atom is 0.270 e. The van der Waals surface area contributed by atoms with Crippen molar-refractivity contribution in [2.24, 2.45) is 0 Å². The number of hydrogen-bond donors (Lipinski definition) is 0. The van der Waals surface area contributed by atoms with Gasteiger partial charge < -0.3 is 0 Å². The van der Waals surface area contributed by atoms with E-state index in [9.17, 15) is 4.79 Å². The summed E-state index contributed by atoms with van der Waals surface area (Å²) in [5.74, 6) is 0. The van der Waals surface area contributed by atoms with E-state index in [-0.39, 0.29) is 5.56 Å². The molecule has 12 heavy (non-hydrogen) atoms. The van der Waals surface area contributed by atoms with Crippen LogP contribution in [0.25, 0.3) is 0 Å². The van der Waals surface area contributed by atoms with Gasteiger partial charge in [-0.1, -0.05) is 6.07 Å². The highest BCUT2D eigenvalue weighted by Crippen LogP contribution is 1.84. The van der Waals surface area contributed by atoms with Crippen LogP contribution >= 0.6 is 0 Å². The molecule has 0 aliphatic heterocycles. The van der Waals surface area contributed by atoms with Gasteiger partial charge in [-0.25, -0.2) is 4.68 Å². The molecule has 0 aromatic carbocycles. The van der Waals surface area contributed by atoms with Crippen LogP contribution in [0.4, 0.5) is 0 Å². The Balaban J connectivity index is 2.63. The first kappa shape index (κ1) is 6.84. The van der Waals surface area contributed by atoms with Gasteiger partial charge in [0.05, 0.1) is 6.20 Å². The molecule has 0 spiro atoms. The van der Waals surface area contributed by atoms with E-state index in [0.717, 1.165) is 0 Å². The molecule has 4 heteroatoms. The first-order chi connectivity index (χ1) is 5.88. The summed E-state index contributed by atoms with van der Waals surface area (Å²) in [7, 11) is 0. The molecule has 0 bridgehead atoms. The van der Waals surface area contributed by atoms with Crippen LogP contribution < -0.4 is 5.56 Å². The summed E-state index contributed by atoms with van der Waals surface area (Å²) in [4.78, 5) is 12.7. The maximum absolute atomic E-state index is 11.2. The van der Waals surface area contributed by atoms with Crippen LogP contribution in [0.5, 0.6) is 0 Å². The minimum absolute atomic E-state index is 0.0961. The third kappa shape index (κ3) is 1.03. The average Bonchev–Trinajstić information content (AvgIpc) is 2.57. The van der Waals surface area contributed by atoms with Gasteiger partial charge in [0.15, 0.2) is 0 Å². The van der Waals surface area contributed by atoms with Crippen molar-refractivity contribution in [3.63, 3.8) is 0 Å². The number of nitrogens with zero attached hydrogens (tertiary/aromatic N) is 3. The van der Waals surface area contributed by atoms with Crippen LogP contribution in [-0.2, 0) is 0 Å². The molecule has 2 aromatic rings. The van der Waals surface area contributed by atoms with Crippen molar-refractivity contribution in [2.75, 3.05) is 0 Å². The summed E-state index contributed by atoms with van der Waals surface area (Å²) in [5, 5.41) is 3.93. The second-order valence-corrected chi connectivity index (χ2v) is 2.31. The van der Waals surface area contributed by atoms with E-state index in [2.05, 4.69) is 5.10 Å². The standard InChI is InChI=1S/C8H7N3O/c12-8-4-1-2-6-10(8)11-7-3-5-9-11/h1-7H. The molecule has 0 N–H and O–H groups in total. The smallest absolute Gasteiger partial charge is 0.267 e. The van der Waals surface area contributed by atoms with Gasteiger partial charge >= 0.3 is 0 Å². The normalized spacial score (nSPS) is 10.0. The number of hydrogen-bond acceptors (Lipinski definition) is 2. The summed E-state index contributed by atoms with van der Waals surface area (Å²) in [5.41, 5.74) is -0.0961. The van der Waals surface area contributed by atoms with Crippen molar-refractivity contribution < 1.29 is 0 Å². The molecule has 0 amide bonds. The van der Waals surface area contributed by atoms with Gasteiger partial charge in [-0.05, 0) is 12.1 Å². The van der Waals surface area contributed by atoms with Crippen LogP contribution in [-0.4, -0.2) is 14.6 Å². The van der Waals surface area contributed by atoms with Crippen molar-refractivity contribution in [2.45, 2.75) is 0 Å². The molecule has 0 fully saturated rings. The van der Waals surface area contributed by atoms with Crippen molar-refractivity contribution in [3.8, 4) is 0 Å². The van der Waals surface area contributed by atoms with Gasteiger partial charge in [-0.15, -0.1) is 0 Å². The molecule has 0 saturated heterocycles. The molecule has 0 aliphatic carbocycles. The Kier molecular flexibility index (Phi) is 1.51. The van der Waals surface area contributed by atoms with E-state index in [1.165, 1.54) is 15.5 Å². The van der Waals surface area contributed by atoms with Crippen LogP contribution in [0.15, 0.2) is 47.7 Å². The molecule has 2 aromatic heterocycles. The molecular formula is C8H7N3O. The maximum atomic E-state index is 11.2. The fourth-order valence-electron chi connectivity index (χ4n) is 0.976. The van der Waals surface area contributed by atoms with Gasteiger partial charge in [0, 0.05) is 18.5 Å². The summed E-state index contributed by atoms with van der Waals surface area (Å²) in [6.07, 6.45) is 5.00. The third-order valence-corrected chi connectivity index (χ3v) is 1.51. The fraction of sp³-hybridized carbons (Fsp3) is 0. The Morgan fingerprint density at radius 2 is 2.08 bits per heavy atom. The van der Waals surface area contributed by atoms with Gasteiger partial charge in [0.1, 0.15) is 0 Å². The zero-order valence-electron chi connectivity index (χ0n) is 6.29. The highest BCUT2D eigenvalue weighted by Gasteiger charge is 1.93. The van der Waals surface area contributed by atoms with Gasteiger partial charge in [-0.3, -0.25) is 4.79 Å². The molecule has 0 unspecified atom stereocenters. The molecule has 0 aliphatic rings. The first-order valence-corrected chi connectivity index (χ1v) is 3.56. The lowest BCUT2D eigenvalue weighted by Gasteiger charge is -2.02. The van der Waals surface area contributed by atoms with E-state index >= 15 is 0 Å². The molecule has 0 atom stereocenters. The molecule has 4 nitrogen and oxygen atoms in total. The number of aromatic nitrogens is 3. The topological polar surface area (TPSA) is 39.8 Å². The Morgan fingerprint density at radius 3 is 2.75 bits per heavy atom. The van der Waals surface area contributed by atoms with Crippen molar-refractivity contribution in [3.05, 3.63) is 53.2 Å². The Morgan fingerprint density at radius 1 is 1.17 bits per heavy atom. The van der Waals surface area contributed by atoms with Crippen LogP contribution in [0.2, 0.25) is 0 Å². The molecule has 0 saturated carbocycles. The van der Waals surface area contributed by atoms with E-state index in [0.29, 0.717) is 0 Å². The predicted molar refractivity (Wildman–Crippen MR) is 43.7 cm³/mol. The van der Waals surface area contributed by atoms with Crippen LogP contribution in [0.1, 0.15) is 0 Å². The lowest BCUT2D eigenvalue weighted by Crippen LogP contribution is -2.24. The molecule has 60 valence electrons. The minimum Gasteiger partial charge on any atom is -0.267 e. The predicted octanol–water partition coefficient (Wildman–Crippen LogP) is 0.356. The summed E-state index contributed by atoms with van der Waals surface area (Å²) < 4.78 is 1.42. The van der Waals surface area contributed by atoms with Crippen molar-refractivity contribution in [1.82, 2.24) is 14.6 Å². The highest BCUT2D eigenvalue weighted by atomic mass is 16.1. The van der Waals surface area contributed by atoms with Gasteiger partial charge in [0.2, 0.25) is 0 Å². The first-order valence-electron chi connectivity index (χ1n) is 3.56. The van der Waals surface area contributed by atoms with E-state index in [4.69, 9.17) is 0 Å². The van der Waals surface area contributed by atoms with Gasteiger partial charge in [-0.2, -0.15) is 9.89 Å². The largest absolute Gasteiger partial charge is 0.270 e. The summed E-state index contributed by atoms with van der Waals surface area (Å²) in [6, 6.07) is 6.73. The van der Waals surface area contributed by atoms with E-state index in [1.54, 1.807) is 36.8 Å². The molecular weight excluding hydrogens is 154 g/mol. The SMILES string of the molecule is O=c1ccccn1-n1cccn1. The highest BCUT2D eigenvalue weighted by molar-refractivity contribution is 4.94. The second kappa shape index (κ2) is 2.65. The number of pyridine rings is 1. The van der Waals surface area contributed by atoms with Crippen molar-refractivity contribution in [1.29, 1.82) is 0 Å². The molecule has 2 heterocycles. The molecule has 0 radical (unpaired) electrons. The lowest BCUT2D eigenvalue weighted by atomic mass is 10.5. The monoisotopic (exact) mass is 161 g/mol. The Hall–Kier alpha value is -1.84. The molecule has 2 rings (SSSR count). The quantitative estimate of drug-likeness (QED) is 0.605. The van der Waals surface area contributed by atoms with E-state index < -0.39 is 0 Å². The van der Waals surface area contributed by atoms with Gasteiger partial charge in [0.25, 0.3) is 5.56 Å². The van der Waals surface area contributed by atoms with Crippen molar-refractivity contribution >= 4 is 0 Å². The second-order valence-electron chi connectivity index (χ2n) is 2.31. The minimum atomic E-state index is -0.0961.